The molecule has 3 rings (SSSR count). The first-order valence-electron chi connectivity index (χ1n) is 7.87. The van der Waals surface area contributed by atoms with E-state index in [1.165, 1.54) is 0 Å². The maximum atomic E-state index is 12.3. The summed E-state index contributed by atoms with van der Waals surface area (Å²) in [5, 5.41) is 14.4. The molecule has 1 aliphatic heterocycles. The maximum absolute atomic E-state index is 12.3. The van der Waals surface area contributed by atoms with Gasteiger partial charge < -0.3 is 14.7 Å². The average molecular weight is 325 g/mol. The Labute approximate surface area is 140 Å². The fraction of sp³-hybridized carbons (Fsp3) is 0.263. The van der Waals surface area contributed by atoms with Crippen LogP contribution in [-0.4, -0.2) is 29.5 Å². The lowest BCUT2D eigenvalue weighted by molar-refractivity contribution is -0.155. The van der Waals surface area contributed by atoms with Crippen molar-refractivity contribution >= 4 is 11.7 Å². The molecule has 2 aromatic rings. The van der Waals surface area contributed by atoms with Gasteiger partial charge in [-0.3, -0.25) is 0 Å². The number of hydrogen-bond donors (Lipinski definition) is 1. The van der Waals surface area contributed by atoms with E-state index in [9.17, 15) is 9.90 Å². The number of nitrogens with zero attached hydrogens (tertiary/aromatic N) is 1. The SMILES string of the molecule is CCOC(=O)[C@H]1ON=C(c2ccc(C)cc2)[C@@H]1c1ccccc1O. The third-order valence-electron chi connectivity index (χ3n) is 4.00. The summed E-state index contributed by atoms with van der Waals surface area (Å²) in [7, 11) is 0. The van der Waals surface area contributed by atoms with Crippen LogP contribution in [0.5, 0.6) is 5.75 Å². The highest BCUT2D eigenvalue weighted by Gasteiger charge is 2.43. The van der Waals surface area contributed by atoms with Crippen LogP contribution in [0.25, 0.3) is 0 Å². The van der Waals surface area contributed by atoms with Crippen molar-refractivity contribution in [1.29, 1.82) is 0 Å². The molecule has 0 unspecified atom stereocenters. The third kappa shape index (κ3) is 2.97. The summed E-state index contributed by atoms with van der Waals surface area (Å²) in [5.41, 5.74) is 3.17. The number of ether oxygens (including phenoxy) is 1. The number of rotatable bonds is 4. The minimum absolute atomic E-state index is 0.0992. The van der Waals surface area contributed by atoms with Gasteiger partial charge in [0.05, 0.1) is 18.2 Å². The number of phenols is 1. The van der Waals surface area contributed by atoms with Gasteiger partial charge in [0.2, 0.25) is 6.10 Å². The van der Waals surface area contributed by atoms with E-state index in [1.54, 1.807) is 25.1 Å². The Kier molecular flexibility index (Phi) is 4.51. The van der Waals surface area contributed by atoms with Crippen molar-refractivity contribution in [3.8, 4) is 5.75 Å². The zero-order valence-corrected chi connectivity index (χ0v) is 13.6. The van der Waals surface area contributed by atoms with Gasteiger partial charge in [0, 0.05) is 11.1 Å². The molecule has 0 amide bonds. The zero-order valence-electron chi connectivity index (χ0n) is 13.6. The second-order valence-electron chi connectivity index (χ2n) is 5.66. The van der Waals surface area contributed by atoms with E-state index < -0.39 is 18.0 Å². The van der Waals surface area contributed by atoms with Crippen molar-refractivity contribution in [2.75, 3.05) is 6.61 Å². The highest BCUT2D eigenvalue weighted by Crippen LogP contribution is 2.37. The first-order valence-corrected chi connectivity index (χ1v) is 7.87. The fourth-order valence-electron chi connectivity index (χ4n) is 2.80. The van der Waals surface area contributed by atoms with Gasteiger partial charge in [0.25, 0.3) is 0 Å². The van der Waals surface area contributed by atoms with E-state index in [2.05, 4.69) is 5.16 Å². The van der Waals surface area contributed by atoms with Gasteiger partial charge >= 0.3 is 5.97 Å². The van der Waals surface area contributed by atoms with Crippen molar-refractivity contribution in [2.24, 2.45) is 5.16 Å². The number of carbonyl (C=O) groups excluding carboxylic acids is 1. The summed E-state index contributed by atoms with van der Waals surface area (Å²) in [4.78, 5) is 17.7. The first-order chi connectivity index (χ1) is 11.6. The van der Waals surface area contributed by atoms with Crippen molar-refractivity contribution in [3.05, 3.63) is 65.2 Å². The number of phenolic OH excluding ortho intramolecular Hbond substituents is 1. The second-order valence-corrected chi connectivity index (χ2v) is 5.66. The second kappa shape index (κ2) is 6.74. The molecule has 124 valence electrons. The molecule has 1 heterocycles. The highest BCUT2D eigenvalue weighted by atomic mass is 16.7. The molecule has 0 fully saturated rings. The molecule has 0 spiro atoms. The lowest BCUT2D eigenvalue weighted by atomic mass is 9.85. The summed E-state index contributed by atoms with van der Waals surface area (Å²) < 4.78 is 5.10. The molecule has 1 N–H and O–H groups in total. The van der Waals surface area contributed by atoms with Gasteiger partial charge in [-0.25, -0.2) is 4.79 Å². The summed E-state index contributed by atoms with van der Waals surface area (Å²) in [6.07, 6.45) is -0.908. The minimum atomic E-state index is -0.908. The normalized spacial score (nSPS) is 19.5. The predicted octanol–water partition coefficient (Wildman–Crippen LogP) is 3.15. The van der Waals surface area contributed by atoms with Gasteiger partial charge in [0.1, 0.15) is 5.75 Å². The lowest BCUT2D eigenvalue weighted by Crippen LogP contribution is -2.31. The summed E-state index contributed by atoms with van der Waals surface area (Å²) in [5.74, 6) is -0.910. The standard InChI is InChI=1S/C19H19NO4/c1-3-23-19(22)18-16(14-6-4-5-7-15(14)21)17(20-24-18)13-10-8-12(2)9-11-13/h4-11,16,18,21H,3H2,1-2H3/t16-,18-/m0/s1. The van der Waals surface area contributed by atoms with Crippen molar-refractivity contribution in [1.82, 2.24) is 0 Å². The number of esters is 1. The van der Waals surface area contributed by atoms with Crippen LogP contribution in [0.3, 0.4) is 0 Å². The molecule has 0 aliphatic carbocycles. The Bertz CT molecular complexity index is 767. The molecule has 24 heavy (non-hydrogen) atoms. The number of hydrogen-bond acceptors (Lipinski definition) is 5. The summed E-state index contributed by atoms with van der Waals surface area (Å²) in [6.45, 7) is 3.99. The quantitative estimate of drug-likeness (QED) is 0.877. The predicted molar refractivity (Wildman–Crippen MR) is 90.1 cm³/mol. The van der Waals surface area contributed by atoms with Crippen LogP contribution in [0, 0.1) is 6.92 Å². The van der Waals surface area contributed by atoms with Crippen LogP contribution in [0.2, 0.25) is 0 Å². The molecular formula is C19H19NO4. The number of aryl methyl sites for hydroxylation is 1. The molecule has 5 nitrogen and oxygen atoms in total. The van der Waals surface area contributed by atoms with E-state index in [0.717, 1.165) is 11.1 Å². The lowest BCUT2D eigenvalue weighted by Gasteiger charge is -2.19. The minimum Gasteiger partial charge on any atom is -0.508 e. The topological polar surface area (TPSA) is 68.1 Å². The molecule has 0 aromatic heterocycles. The molecule has 0 radical (unpaired) electrons. The average Bonchev–Trinajstić information content (AvgIpc) is 3.01. The van der Waals surface area contributed by atoms with Crippen molar-refractivity contribution < 1.29 is 19.5 Å². The maximum Gasteiger partial charge on any atom is 0.351 e. The summed E-state index contributed by atoms with van der Waals surface area (Å²) >= 11 is 0. The van der Waals surface area contributed by atoms with E-state index in [0.29, 0.717) is 11.3 Å². The number of para-hydroxylation sites is 1. The largest absolute Gasteiger partial charge is 0.508 e. The van der Waals surface area contributed by atoms with Gasteiger partial charge in [-0.05, 0) is 19.9 Å². The van der Waals surface area contributed by atoms with Crippen LogP contribution in [0.15, 0.2) is 53.7 Å². The monoisotopic (exact) mass is 325 g/mol. The van der Waals surface area contributed by atoms with Crippen molar-refractivity contribution in [3.63, 3.8) is 0 Å². The Hall–Kier alpha value is -2.82. The Morgan fingerprint density at radius 3 is 2.58 bits per heavy atom. The molecule has 0 bridgehead atoms. The van der Waals surface area contributed by atoms with Gasteiger partial charge in [-0.15, -0.1) is 0 Å². The van der Waals surface area contributed by atoms with E-state index in [1.807, 2.05) is 37.3 Å². The molecule has 1 aliphatic rings. The zero-order chi connectivity index (χ0) is 17.1. The molecule has 2 atom stereocenters. The smallest absolute Gasteiger partial charge is 0.351 e. The number of aromatic hydroxyl groups is 1. The van der Waals surface area contributed by atoms with E-state index in [-0.39, 0.29) is 12.4 Å². The number of carbonyl (C=O) groups is 1. The fourth-order valence-corrected chi connectivity index (χ4v) is 2.80. The van der Waals surface area contributed by atoms with Crippen LogP contribution in [0.1, 0.15) is 29.5 Å². The van der Waals surface area contributed by atoms with Gasteiger partial charge in [0.15, 0.2) is 0 Å². The number of oxime groups is 1. The first kappa shape index (κ1) is 16.1. The van der Waals surface area contributed by atoms with Crippen molar-refractivity contribution in [2.45, 2.75) is 25.9 Å². The Morgan fingerprint density at radius 1 is 1.21 bits per heavy atom. The van der Waals surface area contributed by atoms with Gasteiger partial charge in [-0.2, -0.15) is 0 Å². The molecule has 5 heteroatoms. The molecule has 0 saturated heterocycles. The van der Waals surface area contributed by atoms with Crippen LogP contribution in [0.4, 0.5) is 0 Å². The van der Waals surface area contributed by atoms with Crippen LogP contribution < -0.4 is 0 Å². The Morgan fingerprint density at radius 2 is 1.92 bits per heavy atom. The molecular weight excluding hydrogens is 306 g/mol. The van der Waals surface area contributed by atoms with E-state index >= 15 is 0 Å². The van der Waals surface area contributed by atoms with E-state index in [4.69, 9.17) is 9.57 Å². The van der Waals surface area contributed by atoms with Gasteiger partial charge in [-0.1, -0.05) is 53.2 Å². The molecule has 2 aromatic carbocycles. The highest BCUT2D eigenvalue weighted by molar-refractivity contribution is 6.08. The number of benzene rings is 2. The third-order valence-corrected chi connectivity index (χ3v) is 4.00. The van der Waals surface area contributed by atoms with Crippen LogP contribution in [-0.2, 0) is 14.4 Å². The summed E-state index contributed by atoms with van der Waals surface area (Å²) in [6, 6.07) is 14.7. The Balaban J connectivity index is 2.03. The molecule has 0 saturated carbocycles. The van der Waals surface area contributed by atoms with Crippen LogP contribution >= 0.6 is 0 Å².